The molecule has 1 N–H and O–H groups in total. The second-order valence-electron chi connectivity index (χ2n) is 6.90. The molecule has 1 heterocycles. The first kappa shape index (κ1) is 17.6. The van der Waals surface area contributed by atoms with Crippen LogP contribution in [0, 0.1) is 0 Å². The number of aromatic nitrogens is 1. The molecule has 5 heteroatoms. The summed E-state index contributed by atoms with van der Waals surface area (Å²) in [6.45, 7) is 1.48. The van der Waals surface area contributed by atoms with Gasteiger partial charge in [0, 0.05) is 5.56 Å². The minimum Gasteiger partial charge on any atom is -0.338 e. The standard InChI is InChI=1S/C22H21N3OS/c1-24(2)14-15-25(22-23-19-12-5-6-13-20(19)27-22)21(26)18-11-7-9-16-8-3-4-10-17(16)18/h3-13H,14-15H2,1-2H3/p+1. The van der Waals surface area contributed by atoms with Crippen molar-refractivity contribution in [1.82, 2.24) is 4.98 Å². The lowest BCUT2D eigenvalue weighted by atomic mass is 10.0. The molecular weight excluding hydrogens is 354 g/mol. The van der Waals surface area contributed by atoms with Gasteiger partial charge in [0.15, 0.2) is 5.13 Å². The number of hydrogen-bond donors (Lipinski definition) is 1. The van der Waals surface area contributed by atoms with Crippen LogP contribution in [0.25, 0.3) is 21.0 Å². The number of likely N-dealkylation sites (N-methyl/N-ethyl adjacent to an activating group) is 1. The molecule has 0 saturated heterocycles. The number of carbonyl (C=O) groups is 1. The van der Waals surface area contributed by atoms with E-state index < -0.39 is 0 Å². The molecule has 0 fully saturated rings. The van der Waals surface area contributed by atoms with E-state index in [1.807, 2.05) is 71.6 Å². The number of hydrogen-bond acceptors (Lipinski definition) is 3. The summed E-state index contributed by atoms with van der Waals surface area (Å²) in [5.41, 5.74) is 1.66. The molecule has 3 aromatic carbocycles. The van der Waals surface area contributed by atoms with Gasteiger partial charge in [-0.15, -0.1) is 0 Å². The predicted octanol–water partition coefficient (Wildman–Crippen LogP) is 3.24. The number of thiazole rings is 1. The van der Waals surface area contributed by atoms with Gasteiger partial charge in [0.05, 0.1) is 37.4 Å². The first-order valence-corrected chi connectivity index (χ1v) is 9.89. The molecule has 0 saturated carbocycles. The summed E-state index contributed by atoms with van der Waals surface area (Å²) in [4.78, 5) is 21.4. The van der Waals surface area contributed by atoms with Gasteiger partial charge in [-0.25, -0.2) is 4.98 Å². The molecule has 27 heavy (non-hydrogen) atoms. The quantitative estimate of drug-likeness (QED) is 0.581. The highest BCUT2D eigenvalue weighted by atomic mass is 32.1. The van der Waals surface area contributed by atoms with Gasteiger partial charge in [-0.2, -0.15) is 0 Å². The van der Waals surface area contributed by atoms with E-state index in [1.54, 1.807) is 11.3 Å². The maximum Gasteiger partial charge on any atom is 0.260 e. The number of nitrogens with one attached hydrogen (secondary N) is 1. The topological polar surface area (TPSA) is 37.6 Å². The van der Waals surface area contributed by atoms with Crippen LogP contribution >= 0.6 is 11.3 Å². The smallest absolute Gasteiger partial charge is 0.260 e. The third-order valence-electron chi connectivity index (χ3n) is 4.61. The number of quaternary nitrogens is 1. The number of rotatable bonds is 5. The van der Waals surface area contributed by atoms with E-state index in [2.05, 4.69) is 14.1 Å². The molecule has 0 atom stereocenters. The highest BCUT2D eigenvalue weighted by Gasteiger charge is 2.23. The van der Waals surface area contributed by atoms with E-state index in [1.165, 1.54) is 4.90 Å². The fraction of sp³-hybridized carbons (Fsp3) is 0.182. The molecular formula is C22H22N3OS+. The van der Waals surface area contributed by atoms with E-state index in [-0.39, 0.29) is 5.91 Å². The van der Waals surface area contributed by atoms with E-state index in [4.69, 9.17) is 4.98 Å². The van der Waals surface area contributed by atoms with Crippen molar-refractivity contribution in [3.8, 4) is 0 Å². The van der Waals surface area contributed by atoms with Crippen LogP contribution in [0.4, 0.5) is 5.13 Å². The Balaban J connectivity index is 1.78. The van der Waals surface area contributed by atoms with Gasteiger partial charge in [0.25, 0.3) is 5.91 Å². The third-order valence-corrected chi connectivity index (χ3v) is 5.67. The van der Waals surface area contributed by atoms with Gasteiger partial charge in [-0.1, -0.05) is 59.9 Å². The number of amides is 1. The van der Waals surface area contributed by atoms with Crippen LogP contribution in [0.1, 0.15) is 10.4 Å². The average molecular weight is 377 g/mol. The zero-order valence-electron chi connectivity index (χ0n) is 15.5. The van der Waals surface area contributed by atoms with Crippen molar-refractivity contribution < 1.29 is 9.69 Å². The lowest BCUT2D eigenvalue weighted by molar-refractivity contribution is -0.856. The van der Waals surface area contributed by atoms with Crippen molar-refractivity contribution in [2.75, 3.05) is 32.1 Å². The largest absolute Gasteiger partial charge is 0.338 e. The van der Waals surface area contributed by atoms with Gasteiger partial charge in [-0.3, -0.25) is 9.69 Å². The van der Waals surface area contributed by atoms with Crippen LogP contribution < -0.4 is 9.80 Å². The summed E-state index contributed by atoms with van der Waals surface area (Å²) in [7, 11) is 4.19. The van der Waals surface area contributed by atoms with E-state index in [0.29, 0.717) is 6.54 Å². The lowest BCUT2D eigenvalue weighted by Gasteiger charge is -2.21. The summed E-state index contributed by atoms with van der Waals surface area (Å²) in [5.74, 6) is 0.00658. The molecule has 0 unspecified atom stereocenters. The van der Waals surface area contributed by atoms with Crippen LogP contribution in [-0.2, 0) is 0 Å². The Morgan fingerprint density at radius 3 is 2.56 bits per heavy atom. The Hall–Kier alpha value is -2.76. The predicted molar refractivity (Wildman–Crippen MR) is 113 cm³/mol. The van der Waals surface area contributed by atoms with Crippen LogP contribution in [-0.4, -0.2) is 38.1 Å². The summed E-state index contributed by atoms with van der Waals surface area (Å²) in [6.07, 6.45) is 0. The fourth-order valence-corrected chi connectivity index (χ4v) is 4.14. The molecule has 0 aliphatic carbocycles. The minimum atomic E-state index is 0.00658. The van der Waals surface area contributed by atoms with Crippen molar-refractivity contribution in [1.29, 1.82) is 0 Å². The third kappa shape index (κ3) is 3.56. The van der Waals surface area contributed by atoms with E-state index in [0.717, 1.165) is 38.2 Å². The number of carbonyl (C=O) groups excluding carboxylic acids is 1. The zero-order chi connectivity index (χ0) is 18.8. The number of nitrogens with zero attached hydrogens (tertiary/aromatic N) is 2. The molecule has 136 valence electrons. The molecule has 0 aliphatic rings. The van der Waals surface area contributed by atoms with Crippen LogP contribution in [0.15, 0.2) is 66.7 Å². The molecule has 4 aromatic rings. The number of para-hydroxylation sites is 1. The van der Waals surface area contributed by atoms with E-state index in [9.17, 15) is 4.79 Å². The lowest BCUT2D eigenvalue weighted by Crippen LogP contribution is -3.06. The second kappa shape index (κ2) is 7.47. The zero-order valence-corrected chi connectivity index (χ0v) is 16.3. The number of fused-ring (bicyclic) bond motifs is 2. The first-order chi connectivity index (χ1) is 13.1. The Kier molecular flexibility index (Phi) is 4.88. The minimum absolute atomic E-state index is 0.00658. The Morgan fingerprint density at radius 2 is 1.74 bits per heavy atom. The maximum atomic E-state index is 13.5. The molecule has 1 amide bonds. The van der Waals surface area contributed by atoms with Crippen molar-refractivity contribution in [3.63, 3.8) is 0 Å². The summed E-state index contributed by atoms with van der Waals surface area (Å²) in [6, 6.07) is 21.9. The Morgan fingerprint density at radius 1 is 1.00 bits per heavy atom. The van der Waals surface area contributed by atoms with Gasteiger partial charge >= 0.3 is 0 Å². The molecule has 4 rings (SSSR count). The average Bonchev–Trinajstić information content (AvgIpc) is 3.11. The normalized spacial score (nSPS) is 11.4. The molecule has 0 spiro atoms. The molecule has 0 aliphatic heterocycles. The Bertz CT molecular complexity index is 1060. The second-order valence-corrected chi connectivity index (χ2v) is 7.91. The summed E-state index contributed by atoms with van der Waals surface area (Å²) in [5, 5.41) is 2.81. The van der Waals surface area contributed by atoms with Crippen molar-refractivity contribution >= 4 is 43.4 Å². The van der Waals surface area contributed by atoms with Crippen LogP contribution in [0.3, 0.4) is 0 Å². The molecule has 0 radical (unpaired) electrons. The SMILES string of the molecule is C[NH+](C)CCN(C(=O)c1cccc2ccccc12)c1nc2ccccc2s1. The van der Waals surface area contributed by atoms with Gasteiger partial charge < -0.3 is 4.90 Å². The summed E-state index contributed by atoms with van der Waals surface area (Å²) < 4.78 is 1.10. The number of benzene rings is 3. The summed E-state index contributed by atoms with van der Waals surface area (Å²) >= 11 is 1.57. The fourth-order valence-electron chi connectivity index (χ4n) is 3.15. The maximum absolute atomic E-state index is 13.5. The highest BCUT2D eigenvalue weighted by Crippen LogP contribution is 2.30. The van der Waals surface area contributed by atoms with E-state index >= 15 is 0 Å². The van der Waals surface area contributed by atoms with Gasteiger partial charge in [0.2, 0.25) is 0 Å². The molecule has 4 nitrogen and oxygen atoms in total. The van der Waals surface area contributed by atoms with Gasteiger partial charge in [-0.05, 0) is 29.0 Å². The number of anilines is 1. The van der Waals surface area contributed by atoms with Gasteiger partial charge in [0.1, 0.15) is 0 Å². The molecule has 1 aromatic heterocycles. The van der Waals surface area contributed by atoms with Crippen LogP contribution in [0.5, 0.6) is 0 Å². The highest BCUT2D eigenvalue weighted by molar-refractivity contribution is 7.22. The Labute approximate surface area is 162 Å². The van der Waals surface area contributed by atoms with Crippen molar-refractivity contribution in [2.45, 2.75) is 0 Å². The van der Waals surface area contributed by atoms with Crippen molar-refractivity contribution in [2.24, 2.45) is 0 Å². The molecule has 0 bridgehead atoms. The monoisotopic (exact) mass is 376 g/mol. The first-order valence-electron chi connectivity index (χ1n) is 9.08. The van der Waals surface area contributed by atoms with Crippen LogP contribution in [0.2, 0.25) is 0 Å². The van der Waals surface area contributed by atoms with Crippen molar-refractivity contribution in [3.05, 3.63) is 72.3 Å².